The van der Waals surface area contributed by atoms with Crippen molar-refractivity contribution in [2.45, 2.75) is 25.8 Å². The fourth-order valence-corrected chi connectivity index (χ4v) is 1.57. The van der Waals surface area contributed by atoms with E-state index in [0.717, 1.165) is 19.4 Å². The van der Waals surface area contributed by atoms with Crippen molar-refractivity contribution in [1.82, 2.24) is 10.2 Å². The highest BCUT2D eigenvalue weighted by molar-refractivity contribution is 5.74. The van der Waals surface area contributed by atoms with Gasteiger partial charge in [-0.15, -0.1) is 0 Å². The second-order valence-corrected chi connectivity index (χ2v) is 4.31. The number of carbonyl (C=O) groups is 1. The average Bonchev–Trinajstić information content (AvgIpc) is 2.38. The lowest BCUT2D eigenvalue weighted by molar-refractivity contribution is 0.152. The van der Waals surface area contributed by atoms with Crippen LogP contribution in [0.2, 0.25) is 0 Å². The van der Waals surface area contributed by atoms with Gasteiger partial charge in [0.2, 0.25) is 0 Å². The molecule has 1 aliphatic rings. The molecule has 0 spiro atoms. The molecule has 0 aromatic carbocycles. The number of amides is 2. The molecule has 1 unspecified atom stereocenters. The van der Waals surface area contributed by atoms with Gasteiger partial charge < -0.3 is 20.1 Å². The van der Waals surface area contributed by atoms with E-state index in [2.05, 4.69) is 11.4 Å². The Balaban J connectivity index is 2.21. The molecule has 1 atom stereocenters. The third-order valence-electron chi connectivity index (χ3n) is 3.03. The predicted octanol–water partition coefficient (Wildman–Crippen LogP) is 0.745. The molecule has 0 fully saturated rings. The molecule has 2 amide bonds. The zero-order valence-corrected chi connectivity index (χ0v) is 10.6. The number of nitrogens with one attached hydrogen (secondary N) is 1. The quantitative estimate of drug-likeness (QED) is 0.699. The largest absolute Gasteiger partial charge is 0.394 e. The summed E-state index contributed by atoms with van der Waals surface area (Å²) in [5, 5.41) is 11.8. The Labute approximate surface area is 102 Å². The zero-order valence-electron chi connectivity index (χ0n) is 10.6. The van der Waals surface area contributed by atoms with E-state index in [1.165, 1.54) is 10.5 Å². The third-order valence-corrected chi connectivity index (χ3v) is 3.03. The molecular weight excluding hydrogens is 220 g/mol. The normalized spacial score (nSPS) is 17.2. The lowest BCUT2D eigenvalue weighted by Gasteiger charge is -2.23. The fraction of sp³-hybridized carbons (Fsp3) is 0.750. The first kappa shape index (κ1) is 14.0. The van der Waals surface area contributed by atoms with Crippen LogP contribution in [-0.4, -0.2) is 55.5 Å². The van der Waals surface area contributed by atoms with E-state index in [1.54, 1.807) is 14.0 Å². The van der Waals surface area contributed by atoms with Crippen molar-refractivity contribution in [2.24, 2.45) is 0 Å². The monoisotopic (exact) mass is 242 g/mol. The zero-order chi connectivity index (χ0) is 12.7. The van der Waals surface area contributed by atoms with Gasteiger partial charge in [-0.2, -0.15) is 0 Å². The second kappa shape index (κ2) is 7.29. The minimum absolute atomic E-state index is 0.0214. The lowest BCUT2D eigenvalue weighted by atomic mass is 10.1. The van der Waals surface area contributed by atoms with Gasteiger partial charge in [0.1, 0.15) is 0 Å². The molecule has 17 heavy (non-hydrogen) atoms. The Bertz CT molecular complexity index is 279. The van der Waals surface area contributed by atoms with Gasteiger partial charge in [0, 0.05) is 13.6 Å². The fourth-order valence-electron chi connectivity index (χ4n) is 1.57. The summed E-state index contributed by atoms with van der Waals surface area (Å²) in [6.07, 6.45) is 3.91. The summed E-state index contributed by atoms with van der Waals surface area (Å²) < 4.78 is 5.21. The van der Waals surface area contributed by atoms with Crippen molar-refractivity contribution >= 4 is 6.03 Å². The molecule has 0 aliphatic carbocycles. The van der Waals surface area contributed by atoms with Gasteiger partial charge in [-0.1, -0.05) is 11.6 Å². The highest BCUT2D eigenvalue weighted by Gasteiger charge is 2.14. The maximum atomic E-state index is 11.6. The first-order valence-corrected chi connectivity index (χ1v) is 6.02. The number of carbonyl (C=O) groups excluding carboxylic acids is 1. The molecule has 0 aromatic rings. The van der Waals surface area contributed by atoms with Crippen molar-refractivity contribution < 1.29 is 14.6 Å². The Morgan fingerprint density at radius 2 is 2.47 bits per heavy atom. The standard InChI is InChI=1S/C12H22N2O3/c1-10(9-15)14(2)12(16)13-6-3-11-4-7-17-8-5-11/h4,10,15H,3,5-9H2,1-2H3,(H,13,16). The number of nitrogens with zero attached hydrogens (tertiary/aromatic N) is 1. The smallest absolute Gasteiger partial charge is 0.317 e. The number of rotatable bonds is 5. The summed E-state index contributed by atoms with van der Waals surface area (Å²) in [4.78, 5) is 13.2. The first-order valence-electron chi connectivity index (χ1n) is 6.02. The number of aliphatic hydroxyl groups excluding tert-OH is 1. The highest BCUT2D eigenvalue weighted by Crippen LogP contribution is 2.10. The molecular formula is C12H22N2O3. The molecule has 98 valence electrons. The molecule has 1 aliphatic heterocycles. The van der Waals surface area contributed by atoms with Crippen LogP contribution < -0.4 is 5.32 Å². The number of hydrogen-bond acceptors (Lipinski definition) is 3. The van der Waals surface area contributed by atoms with Crippen molar-refractivity contribution in [3.63, 3.8) is 0 Å². The van der Waals surface area contributed by atoms with Gasteiger partial charge in [-0.05, 0) is 19.8 Å². The van der Waals surface area contributed by atoms with E-state index in [1.807, 2.05) is 0 Å². The van der Waals surface area contributed by atoms with Crippen LogP contribution >= 0.6 is 0 Å². The van der Waals surface area contributed by atoms with Crippen LogP contribution in [-0.2, 0) is 4.74 Å². The Morgan fingerprint density at radius 1 is 1.71 bits per heavy atom. The van der Waals surface area contributed by atoms with Crippen LogP contribution in [0.25, 0.3) is 0 Å². The molecule has 5 nitrogen and oxygen atoms in total. The summed E-state index contributed by atoms with van der Waals surface area (Å²) in [5.41, 5.74) is 1.34. The van der Waals surface area contributed by atoms with Crippen molar-refractivity contribution in [3.05, 3.63) is 11.6 Å². The van der Waals surface area contributed by atoms with E-state index < -0.39 is 0 Å². The van der Waals surface area contributed by atoms with Crippen LogP contribution in [0.3, 0.4) is 0 Å². The molecule has 0 saturated heterocycles. The van der Waals surface area contributed by atoms with E-state index in [-0.39, 0.29) is 18.7 Å². The van der Waals surface area contributed by atoms with Gasteiger partial charge in [0.25, 0.3) is 0 Å². The van der Waals surface area contributed by atoms with Gasteiger partial charge in [-0.3, -0.25) is 0 Å². The third kappa shape index (κ3) is 4.75. The summed E-state index contributed by atoms with van der Waals surface area (Å²) in [5.74, 6) is 0. The average molecular weight is 242 g/mol. The van der Waals surface area contributed by atoms with Crippen LogP contribution in [0.4, 0.5) is 4.79 Å². The molecule has 5 heteroatoms. The van der Waals surface area contributed by atoms with E-state index in [9.17, 15) is 4.79 Å². The minimum Gasteiger partial charge on any atom is -0.394 e. The second-order valence-electron chi connectivity index (χ2n) is 4.31. The van der Waals surface area contributed by atoms with Crippen LogP contribution in [0.15, 0.2) is 11.6 Å². The maximum absolute atomic E-state index is 11.6. The molecule has 2 N–H and O–H groups in total. The Kier molecular flexibility index (Phi) is 6.00. The van der Waals surface area contributed by atoms with Gasteiger partial charge in [-0.25, -0.2) is 4.79 Å². The lowest BCUT2D eigenvalue weighted by Crippen LogP contribution is -2.44. The van der Waals surface area contributed by atoms with Crippen LogP contribution in [0.5, 0.6) is 0 Å². The topological polar surface area (TPSA) is 61.8 Å². The number of urea groups is 1. The summed E-state index contributed by atoms with van der Waals surface area (Å²) in [6.45, 7) is 3.88. The number of aliphatic hydroxyl groups is 1. The summed E-state index contributed by atoms with van der Waals surface area (Å²) >= 11 is 0. The molecule has 1 rings (SSSR count). The summed E-state index contributed by atoms with van der Waals surface area (Å²) in [7, 11) is 1.68. The first-order chi connectivity index (χ1) is 8.15. The minimum atomic E-state index is -0.155. The molecule has 1 heterocycles. The van der Waals surface area contributed by atoms with Crippen molar-refractivity contribution in [2.75, 3.05) is 33.4 Å². The van der Waals surface area contributed by atoms with E-state index >= 15 is 0 Å². The molecule has 0 saturated carbocycles. The number of ether oxygens (including phenoxy) is 1. The van der Waals surface area contributed by atoms with E-state index in [0.29, 0.717) is 13.2 Å². The molecule has 0 bridgehead atoms. The van der Waals surface area contributed by atoms with Crippen molar-refractivity contribution in [3.8, 4) is 0 Å². The highest BCUT2D eigenvalue weighted by atomic mass is 16.5. The maximum Gasteiger partial charge on any atom is 0.317 e. The van der Waals surface area contributed by atoms with Crippen LogP contribution in [0.1, 0.15) is 19.8 Å². The molecule has 0 aromatic heterocycles. The number of hydrogen-bond donors (Lipinski definition) is 2. The van der Waals surface area contributed by atoms with E-state index in [4.69, 9.17) is 9.84 Å². The van der Waals surface area contributed by atoms with Gasteiger partial charge in [0.05, 0.1) is 25.9 Å². The molecule has 0 radical (unpaired) electrons. The number of likely N-dealkylation sites (N-methyl/N-ethyl adjacent to an activating group) is 1. The van der Waals surface area contributed by atoms with Gasteiger partial charge in [0.15, 0.2) is 0 Å². The van der Waals surface area contributed by atoms with Crippen LogP contribution in [0, 0.1) is 0 Å². The Hall–Kier alpha value is -1.07. The van der Waals surface area contributed by atoms with Gasteiger partial charge >= 0.3 is 6.03 Å². The SMILES string of the molecule is CC(CO)N(C)C(=O)NCCC1=CCOCC1. The summed E-state index contributed by atoms with van der Waals surface area (Å²) in [6, 6.07) is -0.295. The van der Waals surface area contributed by atoms with Crippen molar-refractivity contribution in [1.29, 1.82) is 0 Å². The Morgan fingerprint density at radius 3 is 3.06 bits per heavy atom. The predicted molar refractivity (Wildman–Crippen MR) is 65.8 cm³/mol.